The third-order valence-corrected chi connectivity index (χ3v) is 2.77. The third-order valence-electron chi connectivity index (χ3n) is 2.77. The minimum absolute atomic E-state index is 0.745. The molecule has 0 aromatic carbocycles. The first-order valence-electron chi connectivity index (χ1n) is 6.28. The van der Waals surface area contributed by atoms with Gasteiger partial charge in [0.1, 0.15) is 5.82 Å². The molecule has 1 aromatic rings. The predicted molar refractivity (Wildman–Crippen MR) is 70.0 cm³/mol. The first-order valence-corrected chi connectivity index (χ1v) is 6.28. The number of morpholine rings is 1. The zero-order valence-corrected chi connectivity index (χ0v) is 10.8. The lowest BCUT2D eigenvalue weighted by molar-refractivity contribution is 0.122. The van der Waals surface area contributed by atoms with E-state index in [0.717, 1.165) is 57.6 Å². The highest BCUT2D eigenvalue weighted by Crippen LogP contribution is 2.12. The molecule has 0 unspecified atom stereocenters. The van der Waals surface area contributed by atoms with Crippen LogP contribution in [0.25, 0.3) is 0 Å². The molecule has 0 spiro atoms. The SMILES string of the molecule is COCCCNc1ccnc(N2CCOCC2)n1. The highest BCUT2D eigenvalue weighted by Gasteiger charge is 2.13. The molecule has 1 fully saturated rings. The second kappa shape index (κ2) is 7.13. The van der Waals surface area contributed by atoms with E-state index in [0.29, 0.717) is 0 Å². The minimum atomic E-state index is 0.745. The van der Waals surface area contributed by atoms with E-state index in [4.69, 9.17) is 9.47 Å². The first-order chi connectivity index (χ1) is 8.90. The normalized spacial score (nSPS) is 15.7. The molecule has 2 rings (SSSR count). The number of ether oxygens (including phenoxy) is 2. The van der Waals surface area contributed by atoms with E-state index in [2.05, 4.69) is 20.2 Å². The van der Waals surface area contributed by atoms with Gasteiger partial charge in [-0.25, -0.2) is 4.98 Å². The average molecular weight is 252 g/mol. The van der Waals surface area contributed by atoms with Crippen molar-refractivity contribution in [3.8, 4) is 0 Å². The van der Waals surface area contributed by atoms with Gasteiger partial charge in [-0.15, -0.1) is 0 Å². The number of aromatic nitrogens is 2. The average Bonchev–Trinajstić information content (AvgIpc) is 2.45. The van der Waals surface area contributed by atoms with Crippen LogP contribution in [0.1, 0.15) is 6.42 Å². The summed E-state index contributed by atoms with van der Waals surface area (Å²) in [5.74, 6) is 1.64. The second-order valence-electron chi connectivity index (χ2n) is 4.11. The molecule has 1 aliphatic heterocycles. The Morgan fingerprint density at radius 2 is 2.28 bits per heavy atom. The fourth-order valence-corrected chi connectivity index (χ4v) is 1.80. The van der Waals surface area contributed by atoms with Gasteiger partial charge in [-0.3, -0.25) is 0 Å². The zero-order valence-electron chi connectivity index (χ0n) is 10.8. The van der Waals surface area contributed by atoms with E-state index >= 15 is 0 Å². The number of methoxy groups -OCH3 is 1. The molecule has 6 heteroatoms. The Morgan fingerprint density at radius 3 is 3.06 bits per heavy atom. The lowest BCUT2D eigenvalue weighted by Gasteiger charge is -2.26. The van der Waals surface area contributed by atoms with Gasteiger partial charge in [0.15, 0.2) is 0 Å². The number of anilines is 2. The van der Waals surface area contributed by atoms with Gasteiger partial charge in [0.2, 0.25) is 5.95 Å². The highest BCUT2D eigenvalue weighted by molar-refractivity contribution is 5.41. The molecule has 18 heavy (non-hydrogen) atoms. The Hall–Kier alpha value is -1.40. The maximum Gasteiger partial charge on any atom is 0.227 e. The zero-order chi connectivity index (χ0) is 12.6. The van der Waals surface area contributed by atoms with E-state index in [1.165, 1.54) is 0 Å². The third kappa shape index (κ3) is 3.82. The Labute approximate surface area is 107 Å². The molecule has 1 aromatic heterocycles. The molecule has 2 heterocycles. The number of nitrogens with zero attached hydrogens (tertiary/aromatic N) is 3. The topological polar surface area (TPSA) is 59.5 Å². The van der Waals surface area contributed by atoms with Crippen LogP contribution in [0, 0.1) is 0 Å². The van der Waals surface area contributed by atoms with Gasteiger partial charge in [-0.1, -0.05) is 0 Å². The molecule has 0 atom stereocenters. The van der Waals surface area contributed by atoms with Gasteiger partial charge in [0.05, 0.1) is 13.2 Å². The fourth-order valence-electron chi connectivity index (χ4n) is 1.80. The molecular formula is C12H20N4O2. The largest absolute Gasteiger partial charge is 0.385 e. The monoisotopic (exact) mass is 252 g/mol. The minimum Gasteiger partial charge on any atom is -0.385 e. The van der Waals surface area contributed by atoms with Gasteiger partial charge in [0, 0.05) is 39.5 Å². The summed E-state index contributed by atoms with van der Waals surface area (Å²) in [6.45, 7) is 4.81. The highest BCUT2D eigenvalue weighted by atomic mass is 16.5. The van der Waals surface area contributed by atoms with Crippen LogP contribution in [0.3, 0.4) is 0 Å². The van der Waals surface area contributed by atoms with E-state index in [1.807, 2.05) is 6.07 Å². The molecule has 100 valence electrons. The molecular weight excluding hydrogens is 232 g/mol. The van der Waals surface area contributed by atoms with Crippen molar-refractivity contribution in [3.05, 3.63) is 12.3 Å². The Balaban J connectivity index is 1.88. The summed E-state index contributed by atoms with van der Waals surface area (Å²) in [5, 5.41) is 3.27. The van der Waals surface area contributed by atoms with Crippen LogP contribution in [0.4, 0.5) is 11.8 Å². The summed E-state index contributed by atoms with van der Waals surface area (Å²) in [4.78, 5) is 10.9. The van der Waals surface area contributed by atoms with E-state index < -0.39 is 0 Å². The standard InChI is InChI=1S/C12H20N4O2/c1-17-8-2-4-13-11-3-5-14-12(15-11)16-6-9-18-10-7-16/h3,5H,2,4,6-10H2,1H3,(H,13,14,15). The maximum absolute atomic E-state index is 5.32. The molecule has 0 radical (unpaired) electrons. The molecule has 1 N–H and O–H groups in total. The summed E-state index contributed by atoms with van der Waals surface area (Å²) < 4.78 is 10.3. The smallest absolute Gasteiger partial charge is 0.227 e. The van der Waals surface area contributed by atoms with Crippen molar-refractivity contribution in [3.63, 3.8) is 0 Å². The lowest BCUT2D eigenvalue weighted by Crippen LogP contribution is -2.37. The number of hydrogen-bond donors (Lipinski definition) is 1. The van der Waals surface area contributed by atoms with Crippen molar-refractivity contribution in [1.29, 1.82) is 0 Å². The summed E-state index contributed by atoms with van der Waals surface area (Å²) >= 11 is 0. The van der Waals surface area contributed by atoms with Gasteiger partial charge in [-0.2, -0.15) is 4.98 Å². The van der Waals surface area contributed by atoms with Crippen molar-refractivity contribution in [2.45, 2.75) is 6.42 Å². The molecule has 0 aliphatic carbocycles. The van der Waals surface area contributed by atoms with Crippen LogP contribution >= 0.6 is 0 Å². The van der Waals surface area contributed by atoms with Crippen molar-refractivity contribution < 1.29 is 9.47 Å². The van der Waals surface area contributed by atoms with Crippen molar-refractivity contribution in [1.82, 2.24) is 9.97 Å². The summed E-state index contributed by atoms with van der Waals surface area (Å²) in [6.07, 6.45) is 2.75. The van der Waals surface area contributed by atoms with Crippen molar-refractivity contribution in [2.24, 2.45) is 0 Å². The van der Waals surface area contributed by atoms with Crippen molar-refractivity contribution in [2.75, 3.05) is 56.8 Å². The van der Waals surface area contributed by atoms with Crippen LogP contribution in [-0.2, 0) is 9.47 Å². The van der Waals surface area contributed by atoms with Crippen LogP contribution in [0.15, 0.2) is 12.3 Å². The predicted octanol–water partition coefficient (Wildman–Crippen LogP) is 0.762. The molecule has 1 saturated heterocycles. The number of rotatable bonds is 6. The molecule has 1 aliphatic rings. The Kier molecular flexibility index (Phi) is 5.16. The molecule has 0 saturated carbocycles. The fraction of sp³-hybridized carbons (Fsp3) is 0.667. The van der Waals surface area contributed by atoms with Crippen molar-refractivity contribution >= 4 is 11.8 Å². The number of nitrogens with one attached hydrogen (secondary N) is 1. The first kappa shape index (κ1) is 13.0. The summed E-state index contributed by atoms with van der Waals surface area (Å²) in [5.41, 5.74) is 0. The van der Waals surface area contributed by atoms with Crippen LogP contribution in [0.2, 0.25) is 0 Å². The summed E-state index contributed by atoms with van der Waals surface area (Å²) in [6, 6.07) is 1.89. The lowest BCUT2D eigenvalue weighted by atomic mass is 10.4. The van der Waals surface area contributed by atoms with Gasteiger partial charge < -0.3 is 19.7 Å². The van der Waals surface area contributed by atoms with Crippen LogP contribution < -0.4 is 10.2 Å². The Bertz CT molecular complexity index is 356. The molecule has 0 bridgehead atoms. The van der Waals surface area contributed by atoms with E-state index in [9.17, 15) is 0 Å². The second-order valence-corrected chi connectivity index (χ2v) is 4.11. The van der Waals surface area contributed by atoms with E-state index in [1.54, 1.807) is 13.3 Å². The van der Waals surface area contributed by atoms with Crippen LogP contribution in [0.5, 0.6) is 0 Å². The maximum atomic E-state index is 5.32. The van der Waals surface area contributed by atoms with Gasteiger partial charge in [-0.05, 0) is 12.5 Å². The molecule has 0 amide bonds. The van der Waals surface area contributed by atoms with Crippen LogP contribution in [-0.4, -0.2) is 56.5 Å². The number of hydrogen-bond acceptors (Lipinski definition) is 6. The summed E-state index contributed by atoms with van der Waals surface area (Å²) in [7, 11) is 1.71. The quantitative estimate of drug-likeness (QED) is 0.754. The Morgan fingerprint density at radius 1 is 1.44 bits per heavy atom. The van der Waals surface area contributed by atoms with E-state index in [-0.39, 0.29) is 0 Å². The molecule has 6 nitrogen and oxygen atoms in total. The van der Waals surface area contributed by atoms with Gasteiger partial charge in [0.25, 0.3) is 0 Å². The van der Waals surface area contributed by atoms with Gasteiger partial charge >= 0.3 is 0 Å².